The number of hydrogen-bond donors (Lipinski definition) is 1. The SMILES string of the molecule is C=CCSSc1nc(NCC)nc(N(CC)CC)n1. The normalized spacial score (nSPS) is 10.3. The van der Waals surface area contributed by atoms with E-state index in [1.807, 2.05) is 13.0 Å². The van der Waals surface area contributed by atoms with E-state index in [0.29, 0.717) is 5.95 Å². The molecule has 0 atom stereocenters. The van der Waals surface area contributed by atoms with Crippen LogP contribution in [0, 0.1) is 0 Å². The summed E-state index contributed by atoms with van der Waals surface area (Å²) in [5.74, 6) is 2.24. The summed E-state index contributed by atoms with van der Waals surface area (Å²) in [6.07, 6.45) is 1.87. The van der Waals surface area contributed by atoms with Crippen LogP contribution in [0.4, 0.5) is 11.9 Å². The van der Waals surface area contributed by atoms with Crippen LogP contribution in [0.1, 0.15) is 20.8 Å². The minimum atomic E-state index is 0.640. The molecule has 0 amide bonds. The minimum Gasteiger partial charge on any atom is -0.354 e. The van der Waals surface area contributed by atoms with Crippen molar-refractivity contribution in [1.29, 1.82) is 0 Å². The first-order valence-electron chi connectivity index (χ1n) is 6.40. The highest BCUT2D eigenvalue weighted by Crippen LogP contribution is 2.29. The lowest BCUT2D eigenvalue weighted by atomic mass is 10.5. The summed E-state index contributed by atoms with van der Waals surface area (Å²) >= 11 is 0. The van der Waals surface area contributed by atoms with E-state index in [1.165, 1.54) is 0 Å². The molecule has 0 saturated carbocycles. The average Bonchev–Trinajstić information content (AvgIpc) is 2.41. The molecule has 19 heavy (non-hydrogen) atoms. The fourth-order valence-corrected chi connectivity index (χ4v) is 2.95. The van der Waals surface area contributed by atoms with Gasteiger partial charge in [-0.05, 0) is 31.6 Å². The van der Waals surface area contributed by atoms with Gasteiger partial charge in [-0.15, -0.1) is 6.58 Å². The lowest BCUT2D eigenvalue weighted by Gasteiger charge is -2.19. The zero-order chi connectivity index (χ0) is 14.1. The van der Waals surface area contributed by atoms with E-state index in [9.17, 15) is 0 Å². The molecule has 1 aromatic heterocycles. The van der Waals surface area contributed by atoms with Crippen LogP contribution >= 0.6 is 21.6 Å². The largest absolute Gasteiger partial charge is 0.354 e. The van der Waals surface area contributed by atoms with Gasteiger partial charge in [0.05, 0.1) is 0 Å². The molecular formula is C12H21N5S2. The van der Waals surface area contributed by atoms with Gasteiger partial charge in [-0.3, -0.25) is 0 Å². The molecule has 0 aliphatic heterocycles. The zero-order valence-electron chi connectivity index (χ0n) is 11.7. The van der Waals surface area contributed by atoms with Crippen molar-refractivity contribution in [2.24, 2.45) is 0 Å². The smallest absolute Gasteiger partial charge is 0.231 e. The predicted octanol–water partition coefficient (Wildman–Crippen LogP) is 3.08. The van der Waals surface area contributed by atoms with Crippen LogP contribution in [0.2, 0.25) is 0 Å². The van der Waals surface area contributed by atoms with Crippen LogP contribution < -0.4 is 10.2 Å². The topological polar surface area (TPSA) is 53.9 Å². The Morgan fingerprint density at radius 3 is 2.53 bits per heavy atom. The van der Waals surface area contributed by atoms with Gasteiger partial charge in [0.15, 0.2) is 0 Å². The van der Waals surface area contributed by atoms with E-state index >= 15 is 0 Å². The van der Waals surface area contributed by atoms with Gasteiger partial charge in [-0.25, -0.2) is 0 Å². The molecule has 0 spiro atoms. The van der Waals surface area contributed by atoms with Crippen molar-refractivity contribution in [3.8, 4) is 0 Å². The Labute approximate surface area is 123 Å². The molecule has 0 bridgehead atoms. The van der Waals surface area contributed by atoms with Gasteiger partial charge in [-0.1, -0.05) is 16.9 Å². The van der Waals surface area contributed by atoms with Crippen LogP contribution in [0.3, 0.4) is 0 Å². The summed E-state index contributed by atoms with van der Waals surface area (Å²) in [7, 11) is 3.22. The number of anilines is 2. The molecule has 5 nitrogen and oxygen atoms in total. The number of hydrogen-bond acceptors (Lipinski definition) is 7. The fourth-order valence-electron chi connectivity index (χ4n) is 1.40. The van der Waals surface area contributed by atoms with Crippen molar-refractivity contribution in [3.05, 3.63) is 12.7 Å². The molecule has 0 aliphatic rings. The van der Waals surface area contributed by atoms with Gasteiger partial charge in [0, 0.05) is 25.4 Å². The third-order valence-corrected chi connectivity index (χ3v) is 4.33. The predicted molar refractivity (Wildman–Crippen MR) is 86.1 cm³/mol. The quantitative estimate of drug-likeness (QED) is 0.427. The monoisotopic (exact) mass is 299 g/mol. The summed E-state index contributed by atoms with van der Waals surface area (Å²) in [5.41, 5.74) is 0. The maximum Gasteiger partial charge on any atom is 0.231 e. The third-order valence-electron chi connectivity index (χ3n) is 2.30. The number of aromatic nitrogens is 3. The first-order valence-corrected chi connectivity index (χ1v) is 8.72. The molecule has 1 N–H and O–H groups in total. The maximum absolute atomic E-state index is 4.50. The molecule has 0 saturated heterocycles. The Balaban J connectivity index is 2.92. The molecular weight excluding hydrogens is 278 g/mol. The summed E-state index contributed by atoms with van der Waals surface area (Å²) in [6, 6.07) is 0. The van der Waals surface area contributed by atoms with Crippen molar-refractivity contribution in [1.82, 2.24) is 15.0 Å². The van der Waals surface area contributed by atoms with E-state index < -0.39 is 0 Å². The van der Waals surface area contributed by atoms with Gasteiger partial charge in [-0.2, -0.15) is 15.0 Å². The van der Waals surface area contributed by atoms with Crippen molar-refractivity contribution in [2.75, 3.05) is 35.6 Å². The van der Waals surface area contributed by atoms with Gasteiger partial charge >= 0.3 is 0 Å². The second-order valence-corrected chi connectivity index (χ2v) is 5.91. The Morgan fingerprint density at radius 1 is 1.21 bits per heavy atom. The fraction of sp³-hybridized carbons (Fsp3) is 0.583. The third kappa shape index (κ3) is 5.28. The van der Waals surface area contributed by atoms with Crippen LogP contribution in [-0.4, -0.2) is 40.3 Å². The van der Waals surface area contributed by atoms with Crippen molar-refractivity contribution >= 4 is 33.5 Å². The lowest BCUT2D eigenvalue weighted by molar-refractivity contribution is 0.784. The van der Waals surface area contributed by atoms with Gasteiger partial charge < -0.3 is 10.2 Å². The Kier molecular flexibility index (Phi) is 7.66. The van der Waals surface area contributed by atoms with Crippen molar-refractivity contribution in [2.45, 2.75) is 25.9 Å². The molecule has 1 heterocycles. The molecule has 1 rings (SSSR count). The van der Waals surface area contributed by atoms with Crippen LogP contribution in [0.15, 0.2) is 17.8 Å². The van der Waals surface area contributed by atoms with E-state index in [2.05, 4.69) is 45.6 Å². The molecule has 0 unspecified atom stereocenters. The minimum absolute atomic E-state index is 0.640. The van der Waals surface area contributed by atoms with Gasteiger partial charge in [0.1, 0.15) is 0 Å². The standard InChI is InChI=1S/C12H21N5S2/c1-5-9-18-19-12-15-10(13-6-2)14-11(16-12)17(7-3)8-4/h5H,1,6-9H2,2-4H3,(H,13,14,15,16). The number of nitrogens with zero attached hydrogens (tertiary/aromatic N) is 4. The van der Waals surface area contributed by atoms with Crippen LogP contribution in [0.5, 0.6) is 0 Å². The molecule has 0 aliphatic carbocycles. The summed E-state index contributed by atoms with van der Waals surface area (Å²) in [4.78, 5) is 15.5. The zero-order valence-corrected chi connectivity index (χ0v) is 13.4. The summed E-state index contributed by atoms with van der Waals surface area (Å²) in [6.45, 7) is 12.5. The molecule has 0 fully saturated rings. The van der Waals surface area contributed by atoms with Gasteiger partial charge in [0.25, 0.3) is 0 Å². The van der Waals surface area contributed by atoms with E-state index in [-0.39, 0.29) is 0 Å². The van der Waals surface area contributed by atoms with Crippen molar-refractivity contribution in [3.63, 3.8) is 0 Å². The molecule has 0 aromatic carbocycles. The Hall–Kier alpha value is -0.950. The first-order chi connectivity index (χ1) is 9.24. The lowest BCUT2D eigenvalue weighted by Crippen LogP contribution is -2.25. The van der Waals surface area contributed by atoms with Crippen molar-refractivity contribution < 1.29 is 0 Å². The van der Waals surface area contributed by atoms with E-state index in [4.69, 9.17) is 0 Å². The second-order valence-electron chi connectivity index (χ2n) is 3.60. The van der Waals surface area contributed by atoms with Gasteiger partial charge in [0.2, 0.25) is 17.1 Å². The Bertz CT molecular complexity index is 396. The molecule has 0 radical (unpaired) electrons. The molecule has 106 valence electrons. The highest BCUT2D eigenvalue weighted by atomic mass is 33.1. The second kappa shape index (κ2) is 9.03. The summed E-state index contributed by atoms with van der Waals surface area (Å²) < 4.78 is 0. The van der Waals surface area contributed by atoms with E-state index in [0.717, 1.165) is 36.5 Å². The maximum atomic E-state index is 4.50. The summed E-state index contributed by atoms with van der Waals surface area (Å²) in [5, 5.41) is 3.89. The highest BCUT2D eigenvalue weighted by molar-refractivity contribution is 8.76. The molecule has 7 heteroatoms. The Morgan fingerprint density at radius 2 is 1.95 bits per heavy atom. The van der Waals surface area contributed by atoms with Crippen LogP contribution in [0.25, 0.3) is 0 Å². The number of rotatable bonds is 9. The molecule has 1 aromatic rings. The van der Waals surface area contributed by atoms with E-state index in [1.54, 1.807) is 21.6 Å². The average molecular weight is 299 g/mol. The van der Waals surface area contributed by atoms with Crippen LogP contribution in [-0.2, 0) is 0 Å². The number of nitrogens with one attached hydrogen (secondary N) is 1. The first kappa shape index (κ1) is 16.1. The highest BCUT2D eigenvalue weighted by Gasteiger charge is 2.11.